The molecule has 0 aliphatic heterocycles. The van der Waals surface area contributed by atoms with Gasteiger partial charge in [-0.1, -0.05) is 46.8 Å². The van der Waals surface area contributed by atoms with Gasteiger partial charge in [0.05, 0.1) is 12.8 Å². The zero-order valence-electron chi connectivity index (χ0n) is 13.3. The van der Waals surface area contributed by atoms with Crippen LogP contribution in [0, 0.1) is 0 Å². The van der Waals surface area contributed by atoms with E-state index in [1.54, 1.807) is 13.2 Å². The van der Waals surface area contributed by atoms with E-state index in [1.165, 1.54) is 4.68 Å². The van der Waals surface area contributed by atoms with Crippen LogP contribution in [0.4, 0.5) is 5.82 Å². The van der Waals surface area contributed by atoms with Gasteiger partial charge >= 0.3 is 0 Å². The maximum absolute atomic E-state index is 6.18. The number of methoxy groups -OCH3 is 1. The van der Waals surface area contributed by atoms with Crippen molar-refractivity contribution in [2.75, 3.05) is 12.8 Å². The molecule has 0 spiro atoms. The number of anilines is 1. The van der Waals surface area contributed by atoms with Gasteiger partial charge in [0.1, 0.15) is 5.75 Å². The van der Waals surface area contributed by atoms with Gasteiger partial charge < -0.3 is 15.0 Å². The number of rotatable bonds is 4. The number of hydrogen-bond donors (Lipinski definition) is 1. The molecule has 4 aromatic rings. The first-order chi connectivity index (χ1) is 12.3. The zero-order valence-corrected chi connectivity index (χ0v) is 13.3. The van der Waals surface area contributed by atoms with Gasteiger partial charge in [0.25, 0.3) is 5.89 Å². The van der Waals surface area contributed by atoms with Crippen molar-refractivity contribution in [3.8, 4) is 34.4 Å². The van der Waals surface area contributed by atoms with Crippen molar-refractivity contribution in [3.05, 3.63) is 54.6 Å². The van der Waals surface area contributed by atoms with Gasteiger partial charge in [0.2, 0.25) is 5.82 Å². The van der Waals surface area contributed by atoms with Crippen molar-refractivity contribution in [2.45, 2.75) is 0 Å². The van der Waals surface area contributed by atoms with Gasteiger partial charge in [-0.05, 0) is 12.1 Å². The Labute approximate surface area is 142 Å². The molecule has 0 unspecified atom stereocenters. The number of ether oxygens (including phenoxy) is 1. The fourth-order valence-corrected chi connectivity index (χ4v) is 2.40. The molecule has 4 rings (SSSR count). The van der Waals surface area contributed by atoms with E-state index in [9.17, 15) is 0 Å². The Morgan fingerprint density at radius 2 is 1.92 bits per heavy atom. The summed E-state index contributed by atoms with van der Waals surface area (Å²) < 4.78 is 12.0. The van der Waals surface area contributed by atoms with E-state index in [1.807, 2.05) is 48.5 Å². The van der Waals surface area contributed by atoms with E-state index in [2.05, 4.69) is 20.5 Å². The molecule has 124 valence electrons. The number of aromatic nitrogens is 5. The summed E-state index contributed by atoms with van der Waals surface area (Å²) in [6.07, 6.45) is 0. The van der Waals surface area contributed by atoms with E-state index in [4.69, 9.17) is 15.0 Å². The molecule has 0 atom stereocenters. The average molecular weight is 334 g/mol. The fourth-order valence-electron chi connectivity index (χ4n) is 2.40. The van der Waals surface area contributed by atoms with Crippen molar-refractivity contribution in [1.82, 2.24) is 25.1 Å². The number of nitrogen functional groups attached to an aromatic ring is 1. The maximum atomic E-state index is 6.18. The highest BCUT2D eigenvalue weighted by Crippen LogP contribution is 2.27. The van der Waals surface area contributed by atoms with Gasteiger partial charge in [-0.15, -0.1) is 5.10 Å². The summed E-state index contributed by atoms with van der Waals surface area (Å²) in [5.74, 6) is 1.67. The Balaban J connectivity index is 1.71. The average Bonchev–Trinajstić information content (AvgIpc) is 3.29. The zero-order chi connectivity index (χ0) is 17.2. The van der Waals surface area contributed by atoms with Crippen molar-refractivity contribution >= 4 is 5.82 Å². The molecule has 2 N–H and O–H groups in total. The minimum absolute atomic E-state index is 0.213. The summed E-state index contributed by atoms with van der Waals surface area (Å²) in [6, 6.07) is 16.8. The lowest BCUT2D eigenvalue weighted by Gasteiger charge is -2.05. The van der Waals surface area contributed by atoms with Crippen LogP contribution >= 0.6 is 0 Å². The molecule has 0 radical (unpaired) electrons. The van der Waals surface area contributed by atoms with Crippen molar-refractivity contribution in [1.29, 1.82) is 0 Å². The topological polar surface area (TPSA) is 105 Å². The predicted octanol–water partition coefficient (Wildman–Crippen LogP) is 2.58. The molecule has 0 saturated heterocycles. The first-order valence-corrected chi connectivity index (χ1v) is 7.51. The second kappa shape index (κ2) is 6.08. The molecule has 2 heterocycles. The normalized spacial score (nSPS) is 10.8. The van der Waals surface area contributed by atoms with Crippen molar-refractivity contribution in [2.24, 2.45) is 0 Å². The fraction of sp³-hybridized carbons (Fsp3) is 0.0588. The molecule has 0 aliphatic carbocycles. The van der Waals surface area contributed by atoms with Crippen molar-refractivity contribution in [3.63, 3.8) is 0 Å². The third kappa shape index (κ3) is 2.69. The summed E-state index contributed by atoms with van der Waals surface area (Å²) in [5.41, 5.74) is 8.07. The SMILES string of the molecule is COc1cccc(-n2nnc(-c3nc(-c4ccccc4)no3)c2N)c1. The van der Waals surface area contributed by atoms with Crippen LogP contribution in [0.1, 0.15) is 0 Å². The van der Waals surface area contributed by atoms with E-state index >= 15 is 0 Å². The number of hydrogen-bond acceptors (Lipinski definition) is 7. The molecule has 0 aliphatic rings. The summed E-state index contributed by atoms with van der Waals surface area (Å²) >= 11 is 0. The summed E-state index contributed by atoms with van der Waals surface area (Å²) in [5, 5.41) is 12.1. The molecule has 0 saturated carbocycles. The van der Waals surface area contributed by atoms with Crippen LogP contribution in [-0.2, 0) is 0 Å². The van der Waals surface area contributed by atoms with Gasteiger partial charge in [-0.2, -0.15) is 9.67 Å². The van der Waals surface area contributed by atoms with Crippen LogP contribution in [0.15, 0.2) is 59.1 Å². The van der Waals surface area contributed by atoms with E-state index in [-0.39, 0.29) is 5.89 Å². The molecule has 2 aromatic heterocycles. The highest BCUT2D eigenvalue weighted by atomic mass is 16.5. The standard InChI is InChI=1S/C17H14N6O2/c1-24-13-9-5-8-12(10-13)23-15(18)14(20-22-23)17-19-16(21-25-17)11-6-3-2-4-7-11/h2-10H,18H2,1H3. The van der Waals surface area contributed by atoms with Crippen LogP contribution in [0.3, 0.4) is 0 Å². The number of benzene rings is 2. The molecular formula is C17H14N6O2. The predicted molar refractivity (Wildman–Crippen MR) is 91.1 cm³/mol. The van der Waals surface area contributed by atoms with Gasteiger partial charge in [-0.25, -0.2) is 0 Å². The number of nitrogens with zero attached hydrogens (tertiary/aromatic N) is 5. The molecular weight excluding hydrogens is 320 g/mol. The third-order valence-corrected chi connectivity index (χ3v) is 3.66. The third-order valence-electron chi connectivity index (χ3n) is 3.66. The smallest absolute Gasteiger partial charge is 0.282 e. The van der Waals surface area contributed by atoms with Crippen LogP contribution in [0.5, 0.6) is 5.75 Å². The maximum Gasteiger partial charge on any atom is 0.282 e. The minimum Gasteiger partial charge on any atom is -0.497 e. The van der Waals surface area contributed by atoms with Gasteiger partial charge in [-0.3, -0.25) is 0 Å². The summed E-state index contributed by atoms with van der Waals surface area (Å²) in [7, 11) is 1.60. The second-order valence-corrected chi connectivity index (χ2v) is 5.23. The van der Waals surface area contributed by atoms with Crippen molar-refractivity contribution < 1.29 is 9.26 Å². The lowest BCUT2D eigenvalue weighted by atomic mass is 10.2. The highest BCUT2D eigenvalue weighted by Gasteiger charge is 2.19. The molecule has 0 bridgehead atoms. The quantitative estimate of drug-likeness (QED) is 0.611. The van der Waals surface area contributed by atoms with Crippen LogP contribution in [-0.4, -0.2) is 32.2 Å². The van der Waals surface area contributed by atoms with Gasteiger partial charge in [0.15, 0.2) is 11.5 Å². The van der Waals surface area contributed by atoms with E-state index in [0.717, 1.165) is 11.3 Å². The molecule has 25 heavy (non-hydrogen) atoms. The monoisotopic (exact) mass is 334 g/mol. The summed E-state index contributed by atoms with van der Waals surface area (Å²) in [6.45, 7) is 0. The lowest BCUT2D eigenvalue weighted by Crippen LogP contribution is -2.02. The van der Waals surface area contributed by atoms with Crippen LogP contribution in [0.2, 0.25) is 0 Å². The van der Waals surface area contributed by atoms with Crippen LogP contribution < -0.4 is 10.5 Å². The lowest BCUT2D eigenvalue weighted by molar-refractivity contribution is 0.414. The first kappa shape index (κ1) is 14.9. The minimum atomic E-state index is 0.213. The Hall–Kier alpha value is -3.68. The Bertz CT molecular complexity index is 1010. The largest absolute Gasteiger partial charge is 0.497 e. The van der Waals surface area contributed by atoms with Crippen LogP contribution in [0.25, 0.3) is 28.7 Å². The van der Waals surface area contributed by atoms with Gasteiger partial charge in [0, 0.05) is 11.6 Å². The molecule has 0 fully saturated rings. The van der Waals surface area contributed by atoms with E-state index in [0.29, 0.717) is 23.1 Å². The molecule has 8 nitrogen and oxygen atoms in total. The van der Waals surface area contributed by atoms with E-state index < -0.39 is 0 Å². The Morgan fingerprint density at radius 1 is 1.08 bits per heavy atom. The molecule has 0 amide bonds. The molecule has 8 heteroatoms. The Kier molecular flexibility index (Phi) is 3.62. The second-order valence-electron chi connectivity index (χ2n) is 5.23. The summed E-state index contributed by atoms with van der Waals surface area (Å²) in [4.78, 5) is 4.35. The Morgan fingerprint density at radius 3 is 2.72 bits per heavy atom. The molecule has 2 aromatic carbocycles. The number of nitrogens with two attached hydrogens (primary N) is 1. The first-order valence-electron chi connectivity index (χ1n) is 7.51. The highest BCUT2D eigenvalue weighted by molar-refractivity contribution is 5.66.